The van der Waals surface area contributed by atoms with Crippen molar-refractivity contribution in [2.45, 2.75) is 51.7 Å². The Kier molecular flexibility index (Phi) is 5.02. The van der Waals surface area contributed by atoms with Crippen LogP contribution in [0.1, 0.15) is 39.5 Å². The highest BCUT2D eigenvalue weighted by Gasteiger charge is 2.17. The Balaban J connectivity index is 2.02. The Morgan fingerprint density at radius 1 is 1.32 bits per heavy atom. The zero-order valence-electron chi connectivity index (χ0n) is 12.0. The molecule has 1 aromatic heterocycles. The summed E-state index contributed by atoms with van der Waals surface area (Å²) in [5.74, 6) is 0.876. The van der Waals surface area contributed by atoms with E-state index in [0.29, 0.717) is 6.04 Å². The molecule has 0 radical (unpaired) electrons. The Bertz CT molecular complexity index is 385. The number of hydrogen-bond donors (Lipinski definition) is 1. The summed E-state index contributed by atoms with van der Waals surface area (Å²) in [5.41, 5.74) is 7.09. The lowest BCUT2D eigenvalue weighted by atomic mass is 10.1. The van der Waals surface area contributed by atoms with Crippen molar-refractivity contribution in [1.82, 2.24) is 4.98 Å². The normalized spacial score (nSPS) is 16.9. The number of rotatable bonds is 5. The summed E-state index contributed by atoms with van der Waals surface area (Å²) in [4.78, 5) is 6.65. The van der Waals surface area contributed by atoms with Crippen LogP contribution in [-0.4, -0.2) is 30.2 Å². The minimum Gasteiger partial charge on any atom is -0.489 e. The fourth-order valence-corrected chi connectivity index (χ4v) is 2.45. The molecule has 2 N–H and O–H groups in total. The van der Waals surface area contributed by atoms with Gasteiger partial charge < -0.3 is 15.4 Å². The number of nitrogens with zero attached hydrogens (tertiary/aromatic N) is 2. The Morgan fingerprint density at radius 3 is 2.63 bits per heavy atom. The van der Waals surface area contributed by atoms with Crippen molar-refractivity contribution >= 4 is 5.69 Å². The van der Waals surface area contributed by atoms with Crippen LogP contribution in [0.15, 0.2) is 18.5 Å². The maximum Gasteiger partial charge on any atom is 0.140 e. The Labute approximate surface area is 116 Å². The van der Waals surface area contributed by atoms with Gasteiger partial charge in [-0.15, -0.1) is 0 Å². The van der Waals surface area contributed by atoms with Crippen LogP contribution in [0.3, 0.4) is 0 Å². The van der Waals surface area contributed by atoms with Crippen LogP contribution in [0.2, 0.25) is 0 Å². The van der Waals surface area contributed by atoms with Crippen LogP contribution in [0, 0.1) is 0 Å². The lowest BCUT2D eigenvalue weighted by molar-refractivity contribution is 0.192. The molecule has 0 amide bonds. The molecular weight excluding hydrogens is 238 g/mol. The zero-order valence-corrected chi connectivity index (χ0v) is 12.0. The van der Waals surface area contributed by atoms with Crippen molar-refractivity contribution in [3.05, 3.63) is 18.5 Å². The van der Waals surface area contributed by atoms with Crippen LogP contribution < -0.4 is 15.4 Å². The van der Waals surface area contributed by atoms with Crippen LogP contribution in [0.25, 0.3) is 0 Å². The Morgan fingerprint density at radius 2 is 2.00 bits per heavy atom. The van der Waals surface area contributed by atoms with Crippen molar-refractivity contribution in [3.8, 4) is 5.75 Å². The average molecular weight is 263 g/mol. The highest BCUT2D eigenvalue weighted by atomic mass is 16.5. The van der Waals surface area contributed by atoms with Crippen LogP contribution in [-0.2, 0) is 0 Å². The molecule has 0 atom stereocenters. The predicted octanol–water partition coefficient (Wildman–Crippen LogP) is 2.58. The third-order valence-electron chi connectivity index (χ3n) is 3.82. The Hall–Kier alpha value is -1.29. The number of hydrogen-bond acceptors (Lipinski definition) is 4. The molecule has 1 fully saturated rings. The van der Waals surface area contributed by atoms with Gasteiger partial charge in [-0.1, -0.05) is 13.8 Å². The van der Waals surface area contributed by atoms with Gasteiger partial charge in [-0.25, -0.2) is 0 Å². The molecule has 1 aromatic rings. The molecule has 0 spiro atoms. The number of nitrogens with two attached hydrogens (primary N) is 1. The largest absolute Gasteiger partial charge is 0.489 e. The van der Waals surface area contributed by atoms with Gasteiger partial charge >= 0.3 is 0 Å². The lowest BCUT2D eigenvalue weighted by Gasteiger charge is -2.32. The number of ether oxygens (including phenoxy) is 1. The van der Waals surface area contributed by atoms with Gasteiger partial charge in [0.1, 0.15) is 5.75 Å². The molecule has 0 aliphatic carbocycles. The SMILES string of the molecule is CCC(CC)Oc1cncc(N2CCC(N)CC2)c1. The molecule has 0 saturated carbocycles. The predicted molar refractivity (Wildman–Crippen MR) is 78.7 cm³/mol. The second-order valence-corrected chi connectivity index (χ2v) is 5.26. The second-order valence-electron chi connectivity index (χ2n) is 5.26. The summed E-state index contributed by atoms with van der Waals surface area (Å²) in [7, 11) is 0. The average Bonchev–Trinajstić information content (AvgIpc) is 2.46. The molecule has 0 unspecified atom stereocenters. The first-order valence-electron chi connectivity index (χ1n) is 7.35. The first-order valence-corrected chi connectivity index (χ1v) is 7.35. The molecular formula is C15H25N3O. The molecule has 106 valence electrons. The molecule has 1 saturated heterocycles. The van der Waals surface area contributed by atoms with Gasteiger partial charge in [-0.3, -0.25) is 4.98 Å². The van der Waals surface area contributed by atoms with Gasteiger partial charge in [-0.2, -0.15) is 0 Å². The van der Waals surface area contributed by atoms with E-state index < -0.39 is 0 Å². The lowest BCUT2D eigenvalue weighted by Crippen LogP contribution is -2.39. The van der Waals surface area contributed by atoms with Crippen LogP contribution >= 0.6 is 0 Å². The quantitative estimate of drug-likeness (QED) is 0.887. The fourth-order valence-electron chi connectivity index (χ4n) is 2.45. The van der Waals surface area contributed by atoms with Crippen molar-refractivity contribution in [2.75, 3.05) is 18.0 Å². The molecule has 4 nitrogen and oxygen atoms in total. The van der Waals surface area contributed by atoms with Gasteiger partial charge in [0, 0.05) is 25.2 Å². The summed E-state index contributed by atoms with van der Waals surface area (Å²) in [6.45, 7) is 6.32. The molecule has 4 heteroatoms. The van der Waals surface area contributed by atoms with E-state index in [0.717, 1.165) is 50.2 Å². The van der Waals surface area contributed by atoms with Crippen molar-refractivity contribution in [2.24, 2.45) is 5.73 Å². The van der Waals surface area contributed by atoms with E-state index in [4.69, 9.17) is 10.5 Å². The molecule has 0 bridgehead atoms. The summed E-state index contributed by atoms with van der Waals surface area (Å²) < 4.78 is 5.95. The molecule has 2 heterocycles. The van der Waals surface area contributed by atoms with Crippen molar-refractivity contribution < 1.29 is 4.74 Å². The second kappa shape index (κ2) is 6.75. The number of aromatic nitrogens is 1. The third kappa shape index (κ3) is 3.83. The standard InChI is InChI=1S/C15H25N3O/c1-3-14(4-2)19-15-9-13(10-17-11-15)18-7-5-12(16)6-8-18/h9-12,14H,3-8,16H2,1-2H3. The molecule has 19 heavy (non-hydrogen) atoms. The molecule has 0 aromatic carbocycles. The smallest absolute Gasteiger partial charge is 0.140 e. The van der Waals surface area contributed by atoms with E-state index >= 15 is 0 Å². The number of piperidine rings is 1. The molecule has 2 rings (SSSR count). The van der Waals surface area contributed by atoms with E-state index in [2.05, 4.69) is 29.8 Å². The highest BCUT2D eigenvalue weighted by molar-refractivity contribution is 5.48. The summed E-state index contributed by atoms with van der Waals surface area (Å²) in [6.07, 6.45) is 8.16. The van der Waals surface area contributed by atoms with Crippen LogP contribution in [0.5, 0.6) is 5.75 Å². The topological polar surface area (TPSA) is 51.4 Å². The highest BCUT2D eigenvalue weighted by Crippen LogP contribution is 2.24. The minimum atomic E-state index is 0.284. The monoisotopic (exact) mass is 263 g/mol. The minimum absolute atomic E-state index is 0.284. The third-order valence-corrected chi connectivity index (χ3v) is 3.82. The van der Waals surface area contributed by atoms with E-state index in [1.54, 1.807) is 6.20 Å². The van der Waals surface area contributed by atoms with E-state index in [9.17, 15) is 0 Å². The zero-order chi connectivity index (χ0) is 13.7. The van der Waals surface area contributed by atoms with E-state index in [1.165, 1.54) is 0 Å². The number of pyridine rings is 1. The number of anilines is 1. The fraction of sp³-hybridized carbons (Fsp3) is 0.667. The molecule has 1 aliphatic heterocycles. The first-order chi connectivity index (χ1) is 9.22. The van der Waals surface area contributed by atoms with Crippen molar-refractivity contribution in [1.29, 1.82) is 0 Å². The van der Waals surface area contributed by atoms with Crippen molar-refractivity contribution in [3.63, 3.8) is 0 Å². The van der Waals surface area contributed by atoms with Gasteiger partial charge in [0.05, 0.1) is 24.2 Å². The summed E-state index contributed by atoms with van der Waals surface area (Å²) in [5, 5.41) is 0. The van der Waals surface area contributed by atoms with Gasteiger partial charge in [0.25, 0.3) is 0 Å². The summed E-state index contributed by atoms with van der Waals surface area (Å²) in [6, 6.07) is 2.45. The van der Waals surface area contributed by atoms with E-state index in [1.807, 2.05) is 6.20 Å². The van der Waals surface area contributed by atoms with Gasteiger partial charge in [0.2, 0.25) is 0 Å². The maximum atomic E-state index is 5.95. The summed E-state index contributed by atoms with van der Waals surface area (Å²) >= 11 is 0. The first kappa shape index (κ1) is 14.1. The molecule has 1 aliphatic rings. The van der Waals surface area contributed by atoms with Crippen LogP contribution in [0.4, 0.5) is 5.69 Å². The van der Waals surface area contributed by atoms with E-state index in [-0.39, 0.29) is 6.10 Å². The maximum absolute atomic E-state index is 5.95. The van der Waals surface area contributed by atoms with Gasteiger partial charge in [0.15, 0.2) is 0 Å². The van der Waals surface area contributed by atoms with Gasteiger partial charge in [-0.05, 0) is 25.7 Å².